The highest BCUT2D eigenvalue weighted by molar-refractivity contribution is 5.94. The number of nitrogens with two attached hydrogens (primary N) is 1. The second kappa shape index (κ2) is 7.21. The molecule has 2 bridgehead atoms. The van der Waals surface area contributed by atoms with Crippen LogP contribution in [-0.2, 0) is 4.79 Å². The van der Waals surface area contributed by atoms with Crippen molar-refractivity contribution in [2.45, 2.75) is 38.1 Å². The van der Waals surface area contributed by atoms with Crippen LogP contribution in [0.15, 0.2) is 24.3 Å². The minimum Gasteiger partial charge on any atom is -0.341 e. The maximum atomic E-state index is 12.6. The number of urea groups is 1. The van der Waals surface area contributed by atoms with E-state index in [1.54, 1.807) is 19.2 Å². The smallest absolute Gasteiger partial charge is 0.318 e. The normalized spacial score (nSPS) is 28.8. The van der Waals surface area contributed by atoms with Crippen LogP contribution in [-0.4, -0.2) is 25.0 Å². The molecule has 3 amide bonds. The van der Waals surface area contributed by atoms with Crippen LogP contribution >= 0.6 is 0 Å². The van der Waals surface area contributed by atoms with Crippen LogP contribution in [0, 0.1) is 17.8 Å². The molecule has 1 aromatic carbocycles. The summed E-state index contributed by atoms with van der Waals surface area (Å²) in [4.78, 5) is 24.0. The van der Waals surface area contributed by atoms with Gasteiger partial charge in [-0.15, -0.1) is 0 Å². The molecule has 2 unspecified atom stereocenters. The lowest BCUT2D eigenvalue weighted by atomic mass is 9.65. The number of hydrogen-bond donors (Lipinski definition) is 4. The van der Waals surface area contributed by atoms with E-state index < -0.39 is 0 Å². The van der Waals surface area contributed by atoms with Gasteiger partial charge in [0.2, 0.25) is 5.91 Å². The molecule has 6 heteroatoms. The monoisotopic (exact) mass is 330 g/mol. The molecule has 0 aliphatic heterocycles. The van der Waals surface area contributed by atoms with Gasteiger partial charge < -0.3 is 21.7 Å². The maximum absolute atomic E-state index is 12.6. The molecular weight excluding hydrogens is 304 g/mol. The molecule has 0 radical (unpaired) electrons. The number of hydrogen-bond acceptors (Lipinski definition) is 3. The van der Waals surface area contributed by atoms with Crippen molar-refractivity contribution in [3.63, 3.8) is 0 Å². The minimum absolute atomic E-state index is 0.0376. The van der Waals surface area contributed by atoms with Crippen LogP contribution < -0.4 is 21.7 Å². The molecule has 0 aromatic heterocycles. The van der Waals surface area contributed by atoms with Gasteiger partial charge in [0.05, 0.1) is 0 Å². The van der Waals surface area contributed by atoms with Crippen LogP contribution in [0.2, 0.25) is 0 Å². The number of carbonyl (C=O) groups is 2. The van der Waals surface area contributed by atoms with Crippen LogP contribution in [0.1, 0.15) is 32.1 Å². The van der Waals surface area contributed by atoms with E-state index in [4.69, 9.17) is 5.73 Å². The fraction of sp³-hybridized carbons (Fsp3) is 0.556. The number of nitrogens with one attached hydrogen (secondary N) is 3. The maximum Gasteiger partial charge on any atom is 0.318 e. The van der Waals surface area contributed by atoms with Crippen molar-refractivity contribution in [1.82, 2.24) is 5.32 Å². The standard InChI is InChI=1S/C18H26N4O2/c1-20-18(24)22-15-7-3-6-14(10-15)21-17(23)13-8-11-4-2-5-12(9-13)16(11)19/h3,6-7,10-13,16H,2,4-5,8-9,19H2,1H3,(H,21,23)(H2,20,22,24). The van der Waals surface area contributed by atoms with Crippen molar-refractivity contribution < 1.29 is 9.59 Å². The Bertz CT molecular complexity index is 605. The number of rotatable bonds is 3. The molecule has 3 rings (SSSR count). The van der Waals surface area contributed by atoms with Gasteiger partial charge >= 0.3 is 6.03 Å². The third-order valence-corrected chi connectivity index (χ3v) is 5.40. The summed E-state index contributed by atoms with van der Waals surface area (Å²) in [6, 6.07) is 7.18. The van der Waals surface area contributed by atoms with Gasteiger partial charge in [0.25, 0.3) is 0 Å². The molecule has 0 saturated heterocycles. The number of amides is 3. The lowest BCUT2D eigenvalue weighted by Crippen LogP contribution is -2.48. The van der Waals surface area contributed by atoms with E-state index in [1.165, 1.54) is 6.42 Å². The van der Waals surface area contributed by atoms with E-state index in [0.29, 0.717) is 23.2 Å². The quantitative estimate of drug-likeness (QED) is 0.685. The lowest BCUT2D eigenvalue weighted by molar-refractivity contribution is -0.122. The molecular formula is C18H26N4O2. The van der Waals surface area contributed by atoms with E-state index in [-0.39, 0.29) is 23.9 Å². The summed E-state index contributed by atoms with van der Waals surface area (Å²) in [6.45, 7) is 0. The van der Waals surface area contributed by atoms with Crippen molar-refractivity contribution in [3.8, 4) is 0 Å². The van der Waals surface area contributed by atoms with Gasteiger partial charge in [-0.1, -0.05) is 12.5 Å². The summed E-state index contributed by atoms with van der Waals surface area (Å²) in [5, 5.41) is 8.20. The van der Waals surface area contributed by atoms with E-state index in [0.717, 1.165) is 25.7 Å². The second-order valence-corrected chi connectivity index (χ2v) is 6.97. The van der Waals surface area contributed by atoms with Crippen molar-refractivity contribution in [1.29, 1.82) is 0 Å². The molecule has 0 spiro atoms. The largest absolute Gasteiger partial charge is 0.341 e. The van der Waals surface area contributed by atoms with E-state index in [1.807, 2.05) is 12.1 Å². The minimum atomic E-state index is -0.285. The van der Waals surface area contributed by atoms with Gasteiger partial charge in [-0.05, 0) is 55.7 Å². The number of benzene rings is 1. The highest BCUT2D eigenvalue weighted by Crippen LogP contribution is 2.42. The summed E-state index contributed by atoms with van der Waals surface area (Å²) in [7, 11) is 1.56. The zero-order valence-corrected chi connectivity index (χ0v) is 14.0. The van der Waals surface area contributed by atoms with Crippen LogP contribution in [0.25, 0.3) is 0 Å². The predicted molar refractivity (Wildman–Crippen MR) is 94.7 cm³/mol. The fourth-order valence-electron chi connectivity index (χ4n) is 4.12. The van der Waals surface area contributed by atoms with Gasteiger partial charge in [-0.2, -0.15) is 0 Å². The Labute approximate surface area is 142 Å². The molecule has 1 aromatic rings. The third kappa shape index (κ3) is 3.70. The first-order valence-corrected chi connectivity index (χ1v) is 8.72. The van der Waals surface area contributed by atoms with Gasteiger partial charge in [0.15, 0.2) is 0 Å². The van der Waals surface area contributed by atoms with Gasteiger partial charge in [-0.25, -0.2) is 4.79 Å². The summed E-state index contributed by atoms with van der Waals surface area (Å²) in [5.41, 5.74) is 7.65. The van der Waals surface area contributed by atoms with Gasteiger partial charge in [0, 0.05) is 30.4 Å². The first-order valence-electron chi connectivity index (χ1n) is 8.72. The first-order chi connectivity index (χ1) is 11.6. The van der Waals surface area contributed by atoms with Crippen LogP contribution in [0.5, 0.6) is 0 Å². The molecule has 24 heavy (non-hydrogen) atoms. The average molecular weight is 330 g/mol. The topological polar surface area (TPSA) is 96.2 Å². The Morgan fingerprint density at radius 3 is 2.33 bits per heavy atom. The van der Waals surface area contributed by atoms with E-state index in [2.05, 4.69) is 16.0 Å². The number of fused-ring (bicyclic) bond motifs is 2. The number of carbonyl (C=O) groups excluding carboxylic acids is 2. The molecule has 2 fully saturated rings. The molecule has 2 aliphatic carbocycles. The SMILES string of the molecule is CNC(=O)Nc1cccc(NC(=O)C2CC3CCCC(C2)C3N)c1. The predicted octanol–water partition coefficient (Wildman–Crippen LogP) is 2.53. The molecule has 2 atom stereocenters. The molecule has 2 saturated carbocycles. The molecule has 2 aliphatic rings. The highest BCUT2D eigenvalue weighted by Gasteiger charge is 2.40. The lowest BCUT2D eigenvalue weighted by Gasteiger charge is -2.43. The number of anilines is 2. The Kier molecular flexibility index (Phi) is 5.04. The summed E-state index contributed by atoms with van der Waals surface area (Å²) < 4.78 is 0. The molecule has 130 valence electrons. The second-order valence-electron chi connectivity index (χ2n) is 6.97. The zero-order valence-electron chi connectivity index (χ0n) is 14.0. The van der Waals surface area contributed by atoms with Gasteiger partial charge in [-0.3, -0.25) is 4.79 Å². The Hall–Kier alpha value is -2.08. The molecule has 5 N–H and O–H groups in total. The fourth-order valence-corrected chi connectivity index (χ4v) is 4.12. The van der Waals surface area contributed by atoms with E-state index in [9.17, 15) is 9.59 Å². The molecule has 6 nitrogen and oxygen atoms in total. The Balaban J connectivity index is 1.63. The van der Waals surface area contributed by atoms with Crippen molar-refractivity contribution in [2.24, 2.45) is 23.5 Å². The summed E-state index contributed by atoms with van der Waals surface area (Å²) in [6.07, 6.45) is 5.31. The summed E-state index contributed by atoms with van der Waals surface area (Å²) in [5.74, 6) is 1.07. The van der Waals surface area contributed by atoms with Crippen LogP contribution in [0.3, 0.4) is 0 Å². The molecule has 0 heterocycles. The first kappa shape index (κ1) is 16.8. The Morgan fingerprint density at radius 2 is 1.71 bits per heavy atom. The summed E-state index contributed by atoms with van der Waals surface area (Å²) >= 11 is 0. The average Bonchev–Trinajstić information content (AvgIpc) is 2.54. The van der Waals surface area contributed by atoms with Crippen molar-refractivity contribution >= 4 is 23.3 Å². The van der Waals surface area contributed by atoms with Crippen molar-refractivity contribution in [2.75, 3.05) is 17.7 Å². The van der Waals surface area contributed by atoms with Gasteiger partial charge in [0.1, 0.15) is 0 Å². The van der Waals surface area contributed by atoms with Crippen molar-refractivity contribution in [3.05, 3.63) is 24.3 Å². The highest BCUT2D eigenvalue weighted by atomic mass is 16.2. The van der Waals surface area contributed by atoms with E-state index >= 15 is 0 Å². The van der Waals surface area contributed by atoms with Crippen LogP contribution in [0.4, 0.5) is 16.2 Å². The zero-order chi connectivity index (χ0) is 17.1. The Morgan fingerprint density at radius 1 is 1.08 bits per heavy atom. The third-order valence-electron chi connectivity index (χ3n) is 5.40.